The lowest BCUT2D eigenvalue weighted by Crippen LogP contribution is -2.56. The van der Waals surface area contributed by atoms with Crippen molar-refractivity contribution in [2.75, 3.05) is 6.54 Å². The van der Waals surface area contributed by atoms with Crippen LogP contribution in [0.4, 0.5) is 8.78 Å². The van der Waals surface area contributed by atoms with Crippen molar-refractivity contribution in [1.82, 2.24) is 4.90 Å². The van der Waals surface area contributed by atoms with Gasteiger partial charge in [-0.2, -0.15) is 0 Å². The molecule has 1 N–H and O–H groups in total. The molecule has 2 unspecified atom stereocenters. The summed E-state index contributed by atoms with van der Waals surface area (Å²) in [5.41, 5.74) is -1.13. The highest BCUT2D eigenvalue weighted by Gasteiger charge is 2.44. The smallest absolute Gasteiger partial charge is 0.323 e. The van der Waals surface area contributed by atoms with Crippen molar-refractivity contribution in [3.8, 4) is 0 Å². The fourth-order valence-electron chi connectivity index (χ4n) is 3.06. The second kappa shape index (κ2) is 5.48. The van der Waals surface area contributed by atoms with E-state index in [4.69, 9.17) is 0 Å². The number of carboxylic acid groups (broad SMARTS) is 1. The van der Waals surface area contributed by atoms with Crippen molar-refractivity contribution in [1.29, 1.82) is 0 Å². The number of benzene rings is 1. The van der Waals surface area contributed by atoms with Crippen LogP contribution in [-0.2, 0) is 4.79 Å². The van der Waals surface area contributed by atoms with Crippen molar-refractivity contribution < 1.29 is 18.7 Å². The maximum Gasteiger partial charge on any atom is 0.323 e. The Kier molecular flexibility index (Phi) is 4.09. The Morgan fingerprint density at radius 3 is 2.50 bits per heavy atom. The predicted octanol–water partition coefficient (Wildman–Crippen LogP) is 3.36. The van der Waals surface area contributed by atoms with Crippen molar-refractivity contribution in [2.24, 2.45) is 0 Å². The topological polar surface area (TPSA) is 40.5 Å². The van der Waals surface area contributed by atoms with Crippen LogP contribution in [0.5, 0.6) is 0 Å². The number of carbonyl (C=O) groups is 1. The van der Waals surface area contributed by atoms with Crippen LogP contribution in [0.25, 0.3) is 0 Å². The van der Waals surface area contributed by atoms with Crippen LogP contribution >= 0.6 is 0 Å². The maximum atomic E-state index is 13.9. The van der Waals surface area contributed by atoms with Gasteiger partial charge in [-0.1, -0.05) is 6.07 Å². The molecular weight excluding hydrogens is 264 g/mol. The third-order valence-corrected chi connectivity index (χ3v) is 4.29. The summed E-state index contributed by atoms with van der Waals surface area (Å²) in [6, 6.07) is 3.11. The molecule has 0 amide bonds. The zero-order chi connectivity index (χ0) is 14.9. The predicted molar refractivity (Wildman–Crippen MR) is 71.4 cm³/mol. The quantitative estimate of drug-likeness (QED) is 0.924. The molecule has 1 saturated heterocycles. The molecule has 1 aliphatic rings. The maximum absolute atomic E-state index is 13.9. The lowest BCUT2D eigenvalue weighted by Gasteiger charge is -2.45. The van der Waals surface area contributed by atoms with E-state index in [9.17, 15) is 18.7 Å². The van der Waals surface area contributed by atoms with Crippen molar-refractivity contribution in [2.45, 2.75) is 44.7 Å². The third kappa shape index (κ3) is 2.42. The van der Waals surface area contributed by atoms with E-state index in [1.54, 1.807) is 18.7 Å². The average Bonchev–Trinajstić information content (AvgIpc) is 2.38. The summed E-state index contributed by atoms with van der Waals surface area (Å²) in [7, 11) is 0. The van der Waals surface area contributed by atoms with Crippen molar-refractivity contribution in [3.05, 3.63) is 35.4 Å². The van der Waals surface area contributed by atoms with E-state index in [0.717, 1.165) is 12.8 Å². The van der Waals surface area contributed by atoms with Crippen LogP contribution < -0.4 is 0 Å². The highest BCUT2D eigenvalue weighted by molar-refractivity contribution is 5.78. The Balaban J connectivity index is 2.40. The molecule has 0 aromatic heterocycles. The minimum atomic E-state index is -1.08. The van der Waals surface area contributed by atoms with E-state index in [1.807, 2.05) is 0 Å². The first-order valence-corrected chi connectivity index (χ1v) is 6.82. The SMILES string of the molecule is CC(c1c(F)cccc1F)N1CCCCC1(C)C(=O)O. The van der Waals surface area contributed by atoms with E-state index >= 15 is 0 Å². The Hall–Kier alpha value is -1.49. The summed E-state index contributed by atoms with van der Waals surface area (Å²) in [4.78, 5) is 13.3. The molecule has 1 aromatic rings. The molecule has 2 atom stereocenters. The lowest BCUT2D eigenvalue weighted by molar-refractivity contribution is -0.155. The van der Waals surface area contributed by atoms with Crippen LogP contribution in [-0.4, -0.2) is 28.1 Å². The summed E-state index contributed by atoms with van der Waals surface area (Å²) >= 11 is 0. The Labute approximate surface area is 117 Å². The van der Waals surface area contributed by atoms with Gasteiger partial charge in [-0.25, -0.2) is 8.78 Å². The Bertz CT molecular complexity index is 500. The van der Waals surface area contributed by atoms with E-state index in [-0.39, 0.29) is 5.56 Å². The summed E-state index contributed by atoms with van der Waals surface area (Å²) < 4.78 is 27.8. The first-order chi connectivity index (χ1) is 9.38. The van der Waals surface area contributed by atoms with E-state index in [2.05, 4.69) is 0 Å². The molecule has 0 saturated carbocycles. The van der Waals surface area contributed by atoms with Gasteiger partial charge in [-0.05, 0) is 51.8 Å². The second-order valence-corrected chi connectivity index (χ2v) is 5.54. The molecule has 0 aliphatic carbocycles. The molecule has 20 heavy (non-hydrogen) atoms. The molecule has 0 radical (unpaired) electrons. The molecule has 2 rings (SSSR count). The van der Waals surface area contributed by atoms with Gasteiger partial charge in [-0.15, -0.1) is 0 Å². The van der Waals surface area contributed by atoms with Crippen LogP contribution in [0, 0.1) is 11.6 Å². The lowest BCUT2D eigenvalue weighted by atomic mass is 9.86. The van der Waals surface area contributed by atoms with Crippen molar-refractivity contribution in [3.63, 3.8) is 0 Å². The average molecular weight is 283 g/mol. The van der Waals surface area contributed by atoms with Gasteiger partial charge < -0.3 is 5.11 Å². The van der Waals surface area contributed by atoms with Gasteiger partial charge in [0.1, 0.15) is 17.2 Å². The number of piperidine rings is 1. The second-order valence-electron chi connectivity index (χ2n) is 5.54. The van der Waals surface area contributed by atoms with E-state index in [1.165, 1.54) is 18.2 Å². The molecule has 110 valence electrons. The number of carboxylic acids is 1. The van der Waals surface area contributed by atoms with Gasteiger partial charge >= 0.3 is 5.97 Å². The molecule has 0 bridgehead atoms. The normalized spacial score (nSPS) is 25.4. The number of halogens is 2. The number of rotatable bonds is 3. The Morgan fingerprint density at radius 1 is 1.35 bits per heavy atom. The summed E-state index contributed by atoms with van der Waals surface area (Å²) in [6.45, 7) is 3.81. The molecular formula is C15H19F2NO2. The van der Waals surface area contributed by atoms with Crippen LogP contribution in [0.15, 0.2) is 18.2 Å². The fourth-order valence-corrected chi connectivity index (χ4v) is 3.06. The van der Waals surface area contributed by atoms with E-state index < -0.39 is 29.2 Å². The van der Waals surface area contributed by atoms with Gasteiger partial charge in [0, 0.05) is 11.6 Å². The third-order valence-electron chi connectivity index (χ3n) is 4.29. The molecule has 1 aromatic carbocycles. The number of hydrogen-bond acceptors (Lipinski definition) is 2. The first-order valence-electron chi connectivity index (χ1n) is 6.82. The first kappa shape index (κ1) is 14.9. The summed E-state index contributed by atoms with van der Waals surface area (Å²) in [5.74, 6) is -2.20. The van der Waals surface area contributed by atoms with Gasteiger partial charge in [0.25, 0.3) is 0 Å². The highest BCUT2D eigenvalue weighted by Crippen LogP contribution is 2.37. The fraction of sp³-hybridized carbons (Fsp3) is 0.533. The van der Waals surface area contributed by atoms with E-state index in [0.29, 0.717) is 13.0 Å². The molecule has 1 fully saturated rings. The zero-order valence-corrected chi connectivity index (χ0v) is 11.7. The summed E-state index contributed by atoms with van der Waals surface area (Å²) in [5, 5.41) is 9.47. The minimum Gasteiger partial charge on any atom is -0.480 e. The van der Waals surface area contributed by atoms with Crippen LogP contribution in [0.1, 0.15) is 44.7 Å². The van der Waals surface area contributed by atoms with Gasteiger partial charge in [0.2, 0.25) is 0 Å². The molecule has 0 spiro atoms. The van der Waals surface area contributed by atoms with Gasteiger partial charge in [0.05, 0.1) is 0 Å². The molecule has 5 heteroatoms. The zero-order valence-electron chi connectivity index (χ0n) is 11.7. The highest BCUT2D eigenvalue weighted by atomic mass is 19.1. The monoisotopic (exact) mass is 283 g/mol. The molecule has 3 nitrogen and oxygen atoms in total. The number of nitrogens with zero attached hydrogens (tertiary/aromatic N) is 1. The Morgan fingerprint density at radius 2 is 1.95 bits per heavy atom. The standard InChI is InChI=1S/C15H19F2NO2/c1-10(13-11(16)6-5-7-12(13)17)18-9-4-3-8-15(18,2)14(19)20/h5-7,10H,3-4,8-9H2,1-2H3,(H,19,20). The number of hydrogen-bond donors (Lipinski definition) is 1. The van der Waals surface area contributed by atoms with Crippen molar-refractivity contribution >= 4 is 5.97 Å². The number of likely N-dealkylation sites (tertiary alicyclic amines) is 1. The summed E-state index contributed by atoms with van der Waals surface area (Å²) in [6.07, 6.45) is 2.14. The van der Waals surface area contributed by atoms with Gasteiger partial charge in [-0.3, -0.25) is 9.69 Å². The minimum absolute atomic E-state index is 0.0538. The van der Waals surface area contributed by atoms with Gasteiger partial charge in [0.15, 0.2) is 0 Å². The molecule has 1 heterocycles. The molecule has 1 aliphatic heterocycles. The van der Waals surface area contributed by atoms with Crippen LogP contribution in [0.2, 0.25) is 0 Å². The largest absolute Gasteiger partial charge is 0.480 e. The number of aliphatic carboxylic acids is 1. The van der Waals surface area contributed by atoms with Crippen LogP contribution in [0.3, 0.4) is 0 Å².